The Bertz CT molecular complexity index is 334. The van der Waals surface area contributed by atoms with Gasteiger partial charge in [-0.15, -0.1) is 36.2 Å². The first-order valence-electron chi connectivity index (χ1n) is 5.47. The zero-order chi connectivity index (χ0) is 9.54. The Morgan fingerprint density at radius 3 is 2.44 bits per heavy atom. The SMILES string of the molecule is Cc1csc(C2CN3CCC2CC3)n1.Cl.Cl. The summed E-state index contributed by atoms with van der Waals surface area (Å²) in [4.78, 5) is 7.24. The zero-order valence-electron chi connectivity index (χ0n) is 9.39. The monoisotopic (exact) mass is 280 g/mol. The van der Waals surface area contributed by atoms with Gasteiger partial charge in [-0.1, -0.05) is 0 Å². The molecule has 5 heteroatoms. The topological polar surface area (TPSA) is 16.1 Å². The fourth-order valence-electron chi connectivity index (χ4n) is 2.79. The van der Waals surface area contributed by atoms with Gasteiger partial charge in [-0.25, -0.2) is 4.98 Å². The number of aryl methyl sites for hydroxylation is 1. The Hall–Kier alpha value is 0.170. The van der Waals surface area contributed by atoms with Gasteiger partial charge in [-0.2, -0.15) is 0 Å². The fourth-order valence-corrected chi connectivity index (χ4v) is 3.77. The van der Waals surface area contributed by atoms with Crippen LogP contribution in [0.1, 0.15) is 29.5 Å². The molecule has 2 bridgehead atoms. The number of nitrogens with zero attached hydrogens (tertiary/aromatic N) is 2. The third-order valence-electron chi connectivity index (χ3n) is 3.61. The van der Waals surface area contributed by atoms with Crippen LogP contribution in [-0.2, 0) is 0 Å². The lowest BCUT2D eigenvalue weighted by atomic mass is 9.79. The van der Waals surface area contributed by atoms with Gasteiger partial charge in [0.2, 0.25) is 0 Å². The first-order valence-corrected chi connectivity index (χ1v) is 6.35. The number of fused-ring (bicyclic) bond motifs is 3. The molecule has 1 atom stereocenters. The number of aromatic nitrogens is 1. The van der Waals surface area contributed by atoms with Crippen LogP contribution >= 0.6 is 36.2 Å². The number of rotatable bonds is 1. The third-order valence-corrected chi connectivity index (χ3v) is 4.70. The van der Waals surface area contributed by atoms with Gasteiger partial charge in [0, 0.05) is 23.5 Å². The Morgan fingerprint density at radius 1 is 1.31 bits per heavy atom. The van der Waals surface area contributed by atoms with Crippen LogP contribution < -0.4 is 0 Å². The van der Waals surface area contributed by atoms with Crippen molar-refractivity contribution in [3.05, 3.63) is 16.1 Å². The molecule has 92 valence electrons. The standard InChI is InChI=1S/C11H16N2S.2ClH/c1-8-7-14-11(12-8)10-6-13-4-2-9(10)3-5-13;;/h7,9-10H,2-6H2,1H3;2*1H. The van der Waals surface area contributed by atoms with Gasteiger partial charge in [-0.3, -0.25) is 0 Å². The van der Waals surface area contributed by atoms with Crippen LogP contribution in [0.4, 0.5) is 0 Å². The second-order valence-corrected chi connectivity index (χ2v) is 5.46. The highest BCUT2D eigenvalue weighted by Crippen LogP contribution is 2.39. The molecule has 16 heavy (non-hydrogen) atoms. The lowest BCUT2D eigenvalue weighted by Crippen LogP contribution is -2.46. The summed E-state index contributed by atoms with van der Waals surface area (Å²) in [5, 5.41) is 3.57. The Kier molecular flexibility index (Phi) is 5.05. The van der Waals surface area contributed by atoms with Crippen LogP contribution in [0.5, 0.6) is 0 Å². The average Bonchev–Trinajstić information content (AvgIpc) is 2.66. The van der Waals surface area contributed by atoms with Gasteiger partial charge < -0.3 is 4.90 Å². The van der Waals surface area contributed by atoms with Crippen molar-refractivity contribution in [2.24, 2.45) is 5.92 Å². The largest absolute Gasteiger partial charge is 0.303 e. The maximum absolute atomic E-state index is 4.64. The number of hydrogen-bond donors (Lipinski definition) is 0. The molecule has 1 aromatic rings. The van der Waals surface area contributed by atoms with E-state index in [9.17, 15) is 0 Å². The second kappa shape index (κ2) is 5.67. The van der Waals surface area contributed by atoms with Crippen LogP contribution in [-0.4, -0.2) is 29.5 Å². The summed E-state index contributed by atoms with van der Waals surface area (Å²) in [5.74, 6) is 1.67. The van der Waals surface area contributed by atoms with Gasteiger partial charge in [0.05, 0.1) is 5.01 Å². The van der Waals surface area contributed by atoms with Gasteiger partial charge in [0.15, 0.2) is 0 Å². The molecule has 3 fully saturated rings. The molecule has 4 heterocycles. The van der Waals surface area contributed by atoms with E-state index in [4.69, 9.17) is 0 Å². The van der Waals surface area contributed by atoms with E-state index < -0.39 is 0 Å². The third kappa shape index (κ3) is 2.53. The Labute approximate surface area is 113 Å². The van der Waals surface area contributed by atoms with Crippen molar-refractivity contribution < 1.29 is 0 Å². The molecule has 0 saturated carbocycles. The van der Waals surface area contributed by atoms with Crippen LogP contribution in [0.3, 0.4) is 0 Å². The molecule has 4 rings (SSSR count). The number of hydrogen-bond acceptors (Lipinski definition) is 3. The van der Waals surface area contributed by atoms with Crippen LogP contribution in [0, 0.1) is 12.8 Å². The average molecular weight is 281 g/mol. The quantitative estimate of drug-likeness (QED) is 0.786. The molecule has 1 unspecified atom stereocenters. The van der Waals surface area contributed by atoms with Crippen molar-refractivity contribution in [3.63, 3.8) is 0 Å². The van der Waals surface area contributed by atoms with Gasteiger partial charge in [-0.05, 0) is 38.8 Å². The highest BCUT2D eigenvalue weighted by Gasteiger charge is 2.36. The highest BCUT2D eigenvalue weighted by molar-refractivity contribution is 7.09. The lowest BCUT2D eigenvalue weighted by Gasteiger charge is -2.44. The molecule has 0 radical (unpaired) electrons. The fraction of sp³-hybridized carbons (Fsp3) is 0.727. The lowest BCUT2D eigenvalue weighted by molar-refractivity contribution is 0.0869. The van der Waals surface area contributed by atoms with E-state index in [2.05, 4.69) is 22.2 Å². The molecule has 3 saturated heterocycles. The van der Waals surface area contributed by atoms with Gasteiger partial charge in [0.1, 0.15) is 0 Å². The van der Waals surface area contributed by atoms with E-state index in [0.717, 1.165) is 11.8 Å². The Morgan fingerprint density at radius 2 is 2.00 bits per heavy atom. The molecule has 0 aliphatic carbocycles. The minimum absolute atomic E-state index is 0. The molecular formula is C11H18Cl2N2S. The molecule has 3 aliphatic rings. The molecule has 0 spiro atoms. The van der Waals surface area contributed by atoms with E-state index >= 15 is 0 Å². The molecule has 2 nitrogen and oxygen atoms in total. The first-order chi connectivity index (χ1) is 6.83. The van der Waals surface area contributed by atoms with E-state index in [-0.39, 0.29) is 24.8 Å². The molecule has 0 aromatic carbocycles. The normalized spacial score (nSPS) is 31.7. The first kappa shape index (κ1) is 14.2. The summed E-state index contributed by atoms with van der Waals surface area (Å²) in [6.45, 7) is 6.01. The van der Waals surface area contributed by atoms with Crippen LogP contribution in [0.2, 0.25) is 0 Å². The minimum atomic E-state index is 0. The van der Waals surface area contributed by atoms with E-state index in [1.54, 1.807) is 0 Å². The predicted octanol–water partition coefficient (Wildman–Crippen LogP) is 3.10. The van der Waals surface area contributed by atoms with Crippen molar-refractivity contribution in [2.75, 3.05) is 19.6 Å². The van der Waals surface area contributed by atoms with Crippen LogP contribution in [0.25, 0.3) is 0 Å². The molecule has 1 aromatic heterocycles. The zero-order valence-corrected chi connectivity index (χ0v) is 11.8. The summed E-state index contributed by atoms with van der Waals surface area (Å²) in [7, 11) is 0. The predicted molar refractivity (Wildman–Crippen MR) is 73.3 cm³/mol. The number of piperidine rings is 3. The summed E-state index contributed by atoms with van der Waals surface area (Å²) in [6.07, 6.45) is 2.78. The maximum Gasteiger partial charge on any atom is 0.0974 e. The summed E-state index contributed by atoms with van der Waals surface area (Å²) < 4.78 is 0. The van der Waals surface area contributed by atoms with E-state index in [1.807, 2.05) is 11.3 Å². The number of halogens is 2. The molecular weight excluding hydrogens is 263 g/mol. The van der Waals surface area contributed by atoms with Crippen LogP contribution in [0.15, 0.2) is 5.38 Å². The van der Waals surface area contributed by atoms with Crippen molar-refractivity contribution in [3.8, 4) is 0 Å². The van der Waals surface area contributed by atoms with Crippen molar-refractivity contribution in [1.82, 2.24) is 9.88 Å². The summed E-state index contributed by atoms with van der Waals surface area (Å²) >= 11 is 1.86. The molecule has 3 aliphatic heterocycles. The Balaban J connectivity index is 0.000000640. The highest BCUT2D eigenvalue weighted by atomic mass is 35.5. The smallest absolute Gasteiger partial charge is 0.0974 e. The van der Waals surface area contributed by atoms with Crippen molar-refractivity contribution in [2.45, 2.75) is 25.7 Å². The summed E-state index contributed by atoms with van der Waals surface area (Å²) in [6, 6.07) is 0. The van der Waals surface area contributed by atoms with Gasteiger partial charge in [0.25, 0.3) is 0 Å². The minimum Gasteiger partial charge on any atom is -0.303 e. The molecule has 0 N–H and O–H groups in total. The number of thiazole rings is 1. The van der Waals surface area contributed by atoms with Gasteiger partial charge >= 0.3 is 0 Å². The second-order valence-electron chi connectivity index (χ2n) is 4.57. The summed E-state index contributed by atoms with van der Waals surface area (Å²) in [5.41, 5.74) is 1.20. The van der Waals surface area contributed by atoms with Crippen molar-refractivity contribution >= 4 is 36.2 Å². The van der Waals surface area contributed by atoms with E-state index in [0.29, 0.717) is 0 Å². The maximum atomic E-state index is 4.64. The molecule has 0 amide bonds. The van der Waals surface area contributed by atoms with Crippen molar-refractivity contribution in [1.29, 1.82) is 0 Å². The van der Waals surface area contributed by atoms with E-state index in [1.165, 1.54) is 43.2 Å².